The van der Waals surface area contributed by atoms with Gasteiger partial charge in [0.25, 0.3) is 11.5 Å². The second-order valence-electron chi connectivity index (χ2n) is 7.65. The van der Waals surface area contributed by atoms with Gasteiger partial charge in [-0.15, -0.1) is 10.2 Å². The van der Waals surface area contributed by atoms with Crippen molar-refractivity contribution in [3.8, 4) is 11.6 Å². The molecule has 0 radical (unpaired) electrons. The minimum absolute atomic E-state index is 0.0479. The van der Waals surface area contributed by atoms with E-state index >= 15 is 0 Å². The van der Waals surface area contributed by atoms with Gasteiger partial charge in [-0.25, -0.2) is 4.40 Å². The van der Waals surface area contributed by atoms with Crippen LogP contribution in [-0.2, 0) is 0 Å². The van der Waals surface area contributed by atoms with Gasteiger partial charge in [0.2, 0.25) is 23.2 Å². The van der Waals surface area contributed by atoms with Gasteiger partial charge in [-0.1, -0.05) is 54.1 Å². The molecule has 1 amide bonds. The van der Waals surface area contributed by atoms with Crippen LogP contribution in [0, 0.1) is 6.92 Å². The molecular weight excluding hydrogens is 446 g/mol. The van der Waals surface area contributed by atoms with Crippen LogP contribution in [0.3, 0.4) is 0 Å². The Hall–Kier alpha value is -5.12. The molecule has 10 heteroatoms. The standard InChI is InChI=1S/C25H19N7O3/c1-16-12-14-19(15-13-16)32-25-27-22(33)20(29-28-18-10-6-3-7-11-18)24(35)31(25)21(30-32)23(34)26-17-8-4-2-5-9-17/h2-15,33H,1H3,(H,26,34). The first-order valence-corrected chi connectivity index (χ1v) is 10.7. The van der Waals surface area contributed by atoms with E-state index in [2.05, 4.69) is 25.6 Å². The highest BCUT2D eigenvalue weighted by atomic mass is 16.3. The highest BCUT2D eigenvalue weighted by molar-refractivity contribution is 6.02. The maximum atomic E-state index is 13.4. The molecule has 5 aromatic rings. The number of para-hydroxylation sites is 1. The summed E-state index contributed by atoms with van der Waals surface area (Å²) in [6.45, 7) is 1.93. The lowest BCUT2D eigenvalue weighted by atomic mass is 10.2. The summed E-state index contributed by atoms with van der Waals surface area (Å²) in [5.41, 5.74) is 1.38. The third kappa shape index (κ3) is 4.27. The quantitative estimate of drug-likeness (QED) is 0.368. The Morgan fingerprint density at radius 3 is 2.26 bits per heavy atom. The molecular formula is C25H19N7O3. The zero-order valence-electron chi connectivity index (χ0n) is 18.5. The molecule has 0 spiro atoms. The van der Waals surface area contributed by atoms with Crippen molar-refractivity contribution < 1.29 is 9.90 Å². The van der Waals surface area contributed by atoms with Crippen LogP contribution in [0.5, 0.6) is 5.88 Å². The van der Waals surface area contributed by atoms with Crippen molar-refractivity contribution in [1.29, 1.82) is 0 Å². The zero-order chi connectivity index (χ0) is 24.4. The summed E-state index contributed by atoms with van der Waals surface area (Å²) in [6, 6.07) is 24.8. The fraction of sp³-hybridized carbons (Fsp3) is 0.0400. The SMILES string of the molecule is Cc1ccc(-n2nc(C(=O)Nc3ccccc3)n3c(=O)c(N=Nc4ccccc4)c(O)nc23)cc1. The number of hydrogen-bond acceptors (Lipinski definition) is 7. The Bertz CT molecular complexity index is 1610. The number of aromatic hydroxyl groups is 1. The molecule has 5 rings (SSSR count). The first kappa shape index (κ1) is 21.7. The van der Waals surface area contributed by atoms with Crippen LogP contribution in [-0.4, -0.2) is 30.2 Å². The van der Waals surface area contributed by atoms with Gasteiger partial charge in [0, 0.05) is 5.69 Å². The number of rotatable bonds is 5. The summed E-state index contributed by atoms with van der Waals surface area (Å²) in [5.74, 6) is -1.53. The van der Waals surface area contributed by atoms with Crippen molar-refractivity contribution >= 4 is 28.7 Å². The predicted octanol–water partition coefficient (Wildman–Crippen LogP) is 4.56. The fourth-order valence-corrected chi connectivity index (χ4v) is 3.41. The number of anilines is 1. The van der Waals surface area contributed by atoms with E-state index in [-0.39, 0.29) is 11.6 Å². The second kappa shape index (κ2) is 9.02. The van der Waals surface area contributed by atoms with Crippen LogP contribution in [0.15, 0.2) is 100.0 Å². The molecule has 0 saturated carbocycles. The molecule has 3 aromatic carbocycles. The summed E-state index contributed by atoms with van der Waals surface area (Å²) >= 11 is 0. The number of hydrogen-bond donors (Lipinski definition) is 2. The number of aryl methyl sites for hydroxylation is 1. The average molecular weight is 465 g/mol. The molecule has 0 saturated heterocycles. The van der Waals surface area contributed by atoms with Gasteiger partial charge in [-0.05, 0) is 43.3 Å². The summed E-state index contributed by atoms with van der Waals surface area (Å²) in [4.78, 5) is 30.7. The predicted molar refractivity (Wildman–Crippen MR) is 130 cm³/mol. The molecule has 0 aliphatic carbocycles. The molecule has 35 heavy (non-hydrogen) atoms. The van der Waals surface area contributed by atoms with E-state index in [0.29, 0.717) is 17.1 Å². The van der Waals surface area contributed by atoms with E-state index in [1.807, 2.05) is 31.2 Å². The Balaban J connectivity index is 1.69. The van der Waals surface area contributed by atoms with E-state index in [9.17, 15) is 14.7 Å². The molecule has 10 nitrogen and oxygen atoms in total. The summed E-state index contributed by atoms with van der Waals surface area (Å²) in [6.07, 6.45) is 0. The van der Waals surface area contributed by atoms with Crippen molar-refractivity contribution in [2.75, 3.05) is 5.32 Å². The lowest BCUT2D eigenvalue weighted by Crippen LogP contribution is -2.22. The van der Waals surface area contributed by atoms with Crippen LogP contribution < -0.4 is 10.9 Å². The van der Waals surface area contributed by atoms with Gasteiger partial charge >= 0.3 is 0 Å². The van der Waals surface area contributed by atoms with E-state index in [0.717, 1.165) is 9.96 Å². The number of azo groups is 1. The number of nitrogens with one attached hydrogen (secondary N) is 1. The zero-order valence-corrected chi connectivity index (χ0v) is 18.5. The van der Waals surface area contributed by atoms with Gasteiger partial charge < -0.3 is 10.4 Å². The largest absolute Gasteiger partial charge is 0.491 e. The Labute approximate surface area is 198 Å². The van der Waals surface area contributed by atoms with Crippen molar-refractivity contribution in [1.82, 2.24) is 19.2 Å². The molecule has 0 bridgehead atoms. The van der Waals surface area contributed by atoms with Gasteiger partial charge in [0.1, 0.15) is 0 Å². The van der Waals surface area contributed by atoms with Gasteiger partial charge in [-0.2, -0.15) is 14.8 Å². The van der Waals surface area contributed by atoms with E-state index < -0.39 is 23.0 Å². The number of amides is 1. The van der Waals surface area contributed by atoms with Crippen molar-refractivity contribution in [2.45, 2.75) is 6.92 Å². The normalized spacial score (nSPS) is 11.2. The molecule has 0 aliphatic heterocycles. The molecule has 0 aliphatic rings. The molecule has 2 N–H and O–H groups in total. The van der Waals surface area contributed by atoms with Crippen LogP contribution in [0.1, 0.15) is 16.2 Å². The summed E-state index contributed by atoms with van der Waals surface area (Å²) < 4.78 is 2.33. The highest BCUT2D eigenvalue weighted by Gasteiger charge is 2.24. The minimum atomic E-state index is -0.788. The Morgan fingerprint density at radius 2 is 1.57 bits per heavy atom. The van der Waals surface area contributed by atoms with Crippen LogP contribution in [0.2, 0.25) is 0 Å². The van der Waals surface area contributed by atoms with Crippen molar-refractivity contribution in [3.05, 3.63) is 107 Å². The number of aromatic nitrogens is 4. The monoisotopic (exact) mass is 465 g/mol. The number of fused-ring (bicyclic) bond motifs is 1. The average Bonchev–Trinajstić information content (AvgIpc) is 3.25. The molecule has 172 valence electrons. The summed E-state index contributed by atoms with van der Waals surface area (Å²) in [7, 11) is 0. The van der Waals surface area contributed by atoms with E-state index in [4.69, 9.17) is 0 Å². The molecule has 2 aromatic heterocycles. The van der Waals surface area contributed by atoms with Crippen LogP contribution >= 0.6 is 0 Å². The van der Waals surface area contributed by atoms with Crippen molar-refractivity contribution in [3.63, 3.8) is 0 Å². The minimum Gasteiger partial charge on any atom is -0.491 e. The second-order valence-corrected chi connectivity index (χ2v) is 7.65. The van der Waals surface area contributed by atoms with Gasteiger partial charge in [0.05, 0.1) is 11.4 Å². The Morgan fingerprint density at radius 1 is 0.914 bits per heavy atom. The maximum Gasteiger partial charge on any atom is 0.294 e. The molecule has 0 fully saturated rings. The molecule has 0 unspecified atom stereocenters. The first-order chi connectivity index (χ1) is 17.0. The number of benzene rings is 3. The molecule has 0 atom stereocenters. The highest BCUT2D eigenvalue weighted by Crippen LogP contribution is 2.24. The van der Waals surface area contributed by atoms with Crippen LogP contribution in [0.4, 0.5) is 17.1 Å². The van der Waals surface area contributed by atoms with E-state index in [1.165, 1.54) is 4.68 Å². The summed E-state index contributed by atoms with van der Waals surface area (Å²) in [5, 5.41) is 25.6. The number of nitrogens with zero attached hydrogens (tertiary/aromatic N) is 6. The fourth-order valence-electron chi connectivity index (χ4n) is 3.41. The molecule has 2 heterocycles. The van der Waals surface area contributed by atoms with E-state index in [1.54, 1.807) is 60.7 Å². The van der Waals surface area contributed by atoms with Gasteiger partial charge in [0.15, 0.2) is 0 Å². The topological polar surface area (TPSA) is 126 Å². The first-order valence-electron chi connectivity index (χ1n) is 10.7. The smallest absolute Gasteiger partial charge is 0.294 e. The third-order valence-corrected chi connectivity index (χ3v) is 5.15. The van der Waals surface area contributed by atoms with Gasteiger partial charge in [-0.3, -0.25) is 9.59 Å². The maximum absolute atomic E-state index is 13.4. The van der Waals surface area contributed by atoms with Crippen LogP contribution in [0.25, 0.3) is 11.5 Å². The number of carbonyl (C=O) groups is 1. The number of carbonyl (C=O) groups excluding carboxylic acids is 1. The van der Waals surface area contributed by atoms with Crippen molar-refractivity contribution in [2.24, 2.45) is 10.2 Å². The lowest BCUT2D eigenvalue weighted by molar-refractivity contribution is 0.101. The lowest BCUT2D eigenvalue weighted by Gasteiger charge is -2.04. The Kier molecular flexibility index (Phi) is 5.60. The third-order valence-electron chi connectivity index (χ3n) is 5.15.